The lowest BCUT2D eigenvalue weighted by atomic mass is 9.82. The molecule has 6 heteroatoms. The molecule has 1 aromatic rings. The Balaban J connectivity index is 1.94. The molecule has 2 amide bonds. The molecular weight excluding hydrogens is 308 g/mol. The van der Waals surface area contributed by atoms with Gasteiger partial charge in [-0.25, -0.2) is 0 Å². The van der Waals surface area contributed by atoms with E-state index in [0.717, 1.165) is 5.56 Å². The molecule has 0 saturated heterocycles. The van der Waals surface area contributed by atoms with Crippen molar-refractivity contribution in [1.29, 1.82) is 0 Å². The van der Waals surface area contributed by atoms with E-state index < -0.39 is 29.6 Å². The number of benzene rings is 1. The van der Waals surface area contributed by atoms with E-state index in [1.807, 2.05) is 12.1 Å². The fourth-order valence-electron chi connectivity index (χ4n) is 2.67. The summed E-state index contributed by atoms with van der Waals surface area (Å²) >= 11 is 0. The third-order valence-corrected chi connectivity index (χ3v) is 4.21. The molecule has 1 aromatic carbocycles. The van der Waals surface area contributed by atoms with E-state index in [-0.39, 0.29) is 6.42 Å². The van der Waals surface area contributed by atoms with Crippen LogP contribution in [-0.4, -0.2) is 17.8 Å². The van der Waals surface area contributed by atoms with Gasteiger partial charge >= 0.3 is 0 Å². The number of nitrogens with one attached hydrogen (secondary N) is 2. The maximum Gasteiger partial charge on any atom is 0.269 e. The first-order chi connectivity index (χ1) is 11.4. The Labute approximate surface area is 140 Å². The van der Waals surface area contributed by atoms with Gasteiger partial charge in [0.25, 0.3) is 5.91 Å². The summed E-state index contributed by atoms with van der Waals surface area (Å²) in [6.45, 7) is 4.11. The van der Waals surface area contributed by atoms with E-state index in [0.29, 0.717) is 17.9 Å². The number of carboxylic acid groups (broad SMARTS) is 1. The minimum Gasteiger partial charge on any atom is -0.550 e. The normalized spacial score (nSPS) is 19.8. The molecule has 0 aromatic heterocycles. The number of hydrazine groups is 1. The predicted molar refractivity (Wildman–Crippen MR) is 86.5 cm³/mol. The van der Waals surface area contributed by atoms with Gasteiger partial charge in [0.1, 0.15) is 0 Å². The zero-order valence-corrected chi connectivity index (χ0v) is 13.7. The highest BCUT2D eigenvalue weighted by molar-refractivity contribution is 5.96. The van der Waals surface area contributed by atoms with Gasteiger partial charge in [0.15, 0.2) is 0 Å². The summed E-state index contributed by atoms with van der Waals surface area (Å²) in [6, 6.07) is 7.09. The third-order valence-electron chi connectivity index (χ3n) is 4.21. The van der Waals surface area contributed by atoms with Crippen molar-refractivity contribution in [2.75, 3.05) is 0 Å². The first-order valence-electron chi connectivity index (χ1n) is 7.96. The average molecular weight is 329 g/mol. The first kappa shape index (κ1) is 17.7. The molecule has 2 N–H and O–H groups in total. The van der Waals surface area contributed by atoms with Gasteiger partial charge in [-0.1, -0.05) is 38.1 Å². The zero-order valence-electron chi connectivity index (χ0n) is 13.7. The third kappa shape index (κ3) is 4.22. The highest BCUT2D eigenvalue weighted by Gasteiger charge is 2.30. The minimum atomic E-state index is -1.25. The maximum absolute atomic E-state index is 12.1. The van der Waals surface area contributed by atoms with Crippen molar-refractivity contribution in [3.63, 3.8) is 0 Å². The van der Waals surface area contributed by atoms with Gasteiger partial charge in [0.05, 0.1) is 5.92 Å². The van der Waals surface area contributed by atoms with Gasteiger partial charge in [-0.2, -0.15) is 0 Å². The Morgan fingerprint density at radius 1 is 1.00 bits per heavy atom. The van der Waals surface area contributed by atoms with Crippen LogP contribution in [0.1, 0.15) is 48.5 Å². The topological polar surface area (TPSA) is 98.3 Å². The van der Waals surface area contributed by atoms with Crippen LogP contribution in [-0.2, 0) is 9.59 Å². The summed E-state index contributed by atoms with van der Waals surface area (Å²) in [5, 5.41) is 11.1. The number of carbonyl (C=O) groups is 3. The molecule has 0 radical (unpaired) electrons. The van der Waals surface area contributed by atoms with Gasteiger partial charge in [-0.05, 0) is 36.5 Å². The molecule has 2 rings (SSSR count). The van der Waals surface area contributed by atoms with Crippen molar-refractivity contribution in [1.82, 2.24) is 10.9 Å². The number of hydrogen-bond donors (Lipinski definition) is 2. The van der Waals surface area contributed by atoms with E-state index >= 15 is 0 Å². The minimum absolute atomic E-state index is 0.255. The molecule has 1 aliphatic carbocycles. The lowest BCUT2D eigenvalue weighted by Crippen LogP contribution is -2.49. The van der Waals surface area contributed by atoms with Crippen molar-refractivity contribution < 1.29 is 19.5 Å². The van der Waals surface area contributed by atoms with Crippen molar-refractivity contribution in [2.45, 2.75) is 32.6 Å². The van der Waals surface area contributed by atoms with Gasteiger partial charge in [0.2, 0.25) is 5.91 Å². The molecule has 2 unspecified atom stereocenters. The quantitative estimate of drug-likeness (QED) is 0.633. The van der Waals surface area contributed by atoms with Crippen molar-refractivity contribution >= 4 is 17.8 Å². The largest absolute Gasteiger partial charge is 0.550 e. The van der Waals surface area contributed by atoms with Crippen LogP contribution in [0, 0.1) is 11.8 Å². The van der Waals surface area contributed by atoms with Crippen LogP contribution in [0.2, 0.25) is 0 Å². The number of aliphatic carboxylic acids is 1. The van der Waals surface area contributed by atoms with Gasteiger partial charge < -0.3 is 9.90 Å². The molecule has 0 saturated carbocycles. The number of hydrogen-bond acceptors (Lipinski definition) is 4. The first-order valence-corrected chi connectivity index (χ1v) is 7.96. The van der Waals surface area contributed by atoms with E-state index in [2.05, 4.69) is 24.7 Å². The molecule has 0 heterocycles. The Bertz CT molecular complexity index is 649. The number of rotatable bonds is 4. The maximum atomic E-state index is 12.1. The molecule has 0 bridgehead atoms. The summed E-state index contributed by atoms with van der Waals surface area (Å²) in [5.74, 6) is -3.49. The van der Waals surface area contributed by atoms with Crippen LogP contribution >= 0.6 is 0 Å². The van der Waals surface area contributed by atoms with Crippen LogP contribution in [0.3, 0.4) is 0 Å². The predicted octanol–water partition coefficient (Wildman–Crippen LogP) is 0.903. The molecule has 6 nitrogen and oxygen atoms in total. The fourth-order valence-corrected chi connectivity index (χ4v) is 2.67. The van der Waals surface area contributed by atoms with Gasteiger partial charge in [-0.3, -0.25) is 20.4 Å². The van der Waals surface area contributed by atoms with Crippen LogP contribution in [0.25, 0.3) is 0 Å². The lowest BCUT2D eigenvalue weighted by molar-refractivity contribution is -0.313. The summed E-state index contributed by atoms with van der Waals surface area (Å²) in [5.41, 5.74) is 6.17. The Morgan fingerprint density at radius 2 is 1.58 bits per heavy atom. The van der Waals surface area contributed by atoms with Crippen LogP contribution in [0.4, 0.5) is 0 Å². The molecule has 0 fully saturated rings. The van der Waals surface area contributed by atoms with Crippen LogP contribution in [0.15, 0.2) is 36.4 Å². The number of allylic oxidation sites excluding steroid dienone is 2. The highest BCUT2D eigenvalue weighted by Crippen LogP contribution is 2.25. The molecule has 2 atom stereocenters. The van der Waals surface area contributed by atoms with Gasteiger partial charge in [0, 0.05) is 17.5 Å². The van der Waals surface area contributed by atoms with Crippen LogP contribution in [0.5, 0.6) is 0 Å². The summed E-state index contributed by atoms with van der Waals surface area (Å²) < 4.78 is 0. The molecular formula is C18H21N2O4-. The highest BCUT2D eigenvalue weighted by atomic mass is 16.4. The van der Waals surface area contributed by atoms with Crippen LogP contribution < -0.4 is 16.0 Å². The Kier molecular flexibility index (Phi) is 5.73. The SMILES string of the molecule is CC(C)c1ccc(C(=O)NNC(=O)C2CC=CCC2C(=O)[O-])cc1. The van der Waals surface area contributed by atoms with E-state index in [4.69, 9.17) is 0 Å². The second-order valence-corrected chi connectivity index (χ2v) is 6.19. The lowest BCUT2D eigenvalue weighted by Gasteiger charge is -2.28. The van der Waals surface area contributed by atoms with Gasteiger partial charge in [-0.15, -0.1) is 0 Å². The second-order valence-electron chi connectivity index (χ2n) is 6.19. The molecule has 0 spiro atoms. The summed E-state index contributed by atoms with van der Waals surface area (Å²) in [6.07, 6.45) is 4.05. The van der Waals surface area contributed by atoms with Crippen molar-refractivity contribution in [3.8, 4) is 0 Å². The molecule has 128 valence electrons. The van der Waals surface area contributed by atoms with Crippen molar-refractivity contribution in [3.05, 3.63) is 47.5 Å². The number of amides is 2. The molecule has 24 heavy (non-hydrogen) atoms. The molecule has 1 aliphatic rings. The molecule has 0 aliphatic heterocycles. The fraction of sp³-hybridized carbons (Fsp3) is 0.389. The second kappa shape index (κ2) is 7.77. The standard InChI is InChI=1S/C18H22N2O4/c1-11(2)12-7-9-13(10-8-12)16(21)19-20-17(22)14-5-3-4-6-15(14)18(23)24/h3-4,7-11,14-15H,5-6H2,1-2H3,(H,19,21)(H,20,22)(H,23,24)/p-1. The van der Waals surface area contributed by atoms with E-state index in [9.17, 15) is 19.5 Å². The monoisotopic (exact) mass is 329 g/mol. The Hall–Kier alpha value is -2.63. The Morgan fingerprint density at radius 3 is 2.12 bits per heavy atom. The number of carboxylic acids is 1. The van der Waals surface area contributed by atoms with Crippen molar-refractivity contribution in [2.24, 2.45) is 11.8 Å². The average Bonchev–Trinajstić information content (AvgIpc) is 2.59. The zero-order chi connectivity index (χ0) is 17.7. The van der Waals surface area contributed by atoms with E-state index in [1.165, 1.54) is 0 Å². The summed E-state index contributed by atoms with van der Waals surface area (Å²) in [4.78, 5) is 35.3. The summed E-state index contributed by atoms with van der Waals surface area (Å²) in [7, 11) is 0. The number of carbonyl (C=O) groups excluding carboxylic acids is 3. The smallest absolute Gasteiger partial charge is 0.269 e. The van der Waals surface area contributed by atoms with E-state index in [1.54, 1.807) is 24.3 Å².